The molecule has 0 aliphatic rings. The Morgan fingerprint density at radius 2 is 2.33 bits per heavy atom. The molecule has 0 spiro atoms. The maximum Gasteiger partial charge on any atom is 0.248 e. The SMILES string of the molecule is NC(=O)c1cccc(CNCCc2ncc[nH]2)c1. The molecule has 94 valence electrons. The van der Waals surface area contributed by atoms with E-state index in [1.54, 1.807) is 12.3 Å². The van der Waals surface area contributed by atoms with Crippen molar-refractivity contribution in [3.63, 3.8) is 0 Å². The lowest BCUT2D eigenvalue weighted by atomic mass is 10.1. The molecule has 0 aliphatic carbocycles. The highest BCUT2D eigenvalue weighted by atomic mass is 16.1. The quantitative estimate of drug-likeness (QED) is 0.658. The van der Waals surface area contributed by atoms with E-state index in [1.165, 1.54) is 0 Å². The molecule has 4 N–H and O–H groups in total. The number of primary amides is 1. The molecule has 0 saturated heterocycles. The van der Waals surface area contributed by atoms with Crippen molar-refractivity contribution in [3.8, 4) is 0 Å². The first-order chi connectivity index (χ1) is 8.75. The molecule has 1 heterocycles. The van der Waals surface area contributed by atoms with Crippen LogP contribution in [0.2, 0.25) is 0 Å². The van der Waals surface area contributed by atoms with Crippen LogP contribution in [0.5, 0.6) is 0 Å². The summed E-state index contributed by atoms with van der Waals surface area (Å²) in [5.41, 5.74) is 6.82. The summed E-state index contributed by atoms with van der Waals surface area (Å²) in [6.45, 7) is 1.54. The second kappa shape index (κ2) is 5.97. The average Bonchev–Trinajstić information content (AvgIpc) is 2.88. The number of rotatable bonds is 6. The zero-order valence-corrected chi connectivity index (χ0v) is 10.0. The van der Waals surface area contributed by atoms with Gasteiger partial charge in [0, 0.05) is 37.5 Å². The van der Waals surface area contributed by atoms with Crippen molar-refractivity contribution in [3.05, 3.63) is 53.6 Å². The lowest BCUT2D eigenvalue weighted by Crippen LogP contribution is -2.18. The molecule has 0 radical (unpaired) electrons. The second-order valence-corrected chi connectivity index (χ2v) is 4.03. The van der Waals surface area contributed by atoms with Gasteiger partial charge in [0.25, 0.3) is 0 Å². The molecule has 0 bridgehead atoms. The second-order valence-electron chi connectivity index (χ2n) is 4.03. The molecule has 1 amide bonds. The summed E-state index contributed by atoms with van der Waals surface area (Å²) in [6.07, 6.45) is 4.40. The molecule has 1 aromatic carbocycles. The number of H-pyrrole nitrogens is 1. The zero-order valence-electron chi connectivity index (χ0n) is 10.0. The van der Waals surface area contributed by atoms with Crippen LogP contribution in [0, 0.1) is 0 Å². The normalized spacial score (nSPS) is 10.4. The third kappa shape index (κ3) is 3.43. The van der Waals surface area contributed by atoms with E-state index < -0.39 is 5.91 Å². The number of imidazole rings is 1. The number of aromatic amines is 1. The van der Waals surface area contributed by atoms with E-state index in [1.807, 2.05) is 24.4 Å². The number of nitrogens with zero attached hydrogens (tertiary/aromatic N) is 1. The molecule has 0 unspecified atom stereocenters. The van der Waals surface area contributed by atoms with E-state index in [4.69, 9.17) is 5.73 Å². The first-order valence-electron chi connectivity index (χ1n) is 5.83. The van der Waals surface area contributed by atoms with Gasteiger partial charge in [-0.3, -0.25) is 4.79 Å². The number of hydrogen-bond acceptors (Lipinski definition) is 3. The molecule has 2 rings (SSSR count). The molecular formula is C13H16N4O. The summed E-state index contributed by atoms with van der Waals surface area (Å²) >= 11 is 0. The molecule has 0 aliphatic heterocycles. The minimum Gasteiger partial charge on any atom is -0.366 e. The molecule has 18 heavy (non-hydrogen) atoms. The zero-order chi connectivity index (χ0) is 12.8. The number of nitrogens with one attached hydrogen (secondary N) is 2. The van der Waals surface area contributed by atoms with Crippen molar-refractivity contribution in [1.29, 1.82) is 0 Å². The molecule has 1 aromatic heterocycles. The van der Waals surface area contributed by atoms with Crippen LogP contribution in [0.3, 0.4) is 0 Å². The number of hydrogen-bond donors (Lipinski definition) is 3. The fraction of sp³-hybridized carbons (Fsp3) is 0.231. The Morgan fingerprint density at radius 1 is 1.44 bits per heavy atom. The fourth-order valence-corrected chi connectivity index (χ4v) is 1.71. The molecule has 5 heteroatoms. The van der Waals surface area contributed by atoms with Gasteiger partial charge in [0.05, 0.1) is 0 Å². The first kappa shape index (κ1) is 12.3. The standard InChI is InChI=1S/C13H16N4O/c14-13(18)11-3-1-2-10(8-11)9-15-5-4-12-16-6-7-17-12/h1-3,6-8,15H,4-5,9H2,(H2,14,18)(H,16,17). The lowest BCUT2D eigenvalue weighted by molar-refractivity contribution is 0.1000. The summed E-state index contributed by atoms with van der Waals surface area (Å²) < 4.78 is 0. The van der Waals surface area contributed by atoms with Crippen molar-refractivity contribution in [2.24, 2.45) is 5.73 Å². The van der Waals surface area contributed by atoms with Gasteiger partial charge in [-0.1, -0.05) is 12.1 Å². The maximum atomic E-state index is 11.0. The van der Waals surface area contributed by atoms with Crippen LogP contribution in [0.4, 0.5) is 0 Å². The van der Waals surface area contributed by atoms with Crippen LogP contribution in [0.1, 0.15) is 21.7 Å². The van der Waals surface area contributed by atoms with Crippen LogP contribution < -0.4 is 11.1 Å². The number of aromatic nitrogens is 2. The Morgan fingerprint density at radius 3 is 3.06 bits per heavy atom. The lowest BCUT2D eigenvalue weighted by Gasteiger charge is -2.05. The van der Waals surface area contributed by atoms with E-state index >= 15 is 0 Å². The number of benzene rings is 1. The highest BCUT2D eigenvalue weighted by Gasteiger charge is 2.01. The topological polar surface area (TPSA) is 83.8 Å². The van der Waals surface area contributed by atoms with E-state index in [9.17, 15) is 4.79 Å². The van der Waals surface area contributed by atoms with Gasteiger partial charge in [0.2, 0.25) is 5.91 Å². The molecule has 2 aromatic rings. The van der Waals surface area contributed by atoms with Gasteiger partial charge < -0.3 is 16.0 Å². The third-order valence-electron chi connectivity index (χ3n) is 2.63. The number of amides is 1. The summed E-state index contributed by atoms with van der Waals surface area (Å²) in [5.74, 6) is 0.570. The number of carbonyl (C=O) groups excluding carboxylic acids is 1. The van der Waals surface area contributed by atoms with Crippen LogP contribution in [0.25, 0.3) is 0 Å². The summed E-state index contributed by atoms with van der Waals surface area (Å²) in [5, 5.41) is 3.29. The molecule has 0 atom stereocenters. The molecule has 5 nitrogen and oxygen atoms in total. The summed E-state index contributed by atoms with van der Waals surface area (Å²) in [4.78, 5) is 18.2. The van der Waals surface area contributed by atoms with Gasteiger partial charge in [-0.05, 0) is 17.7 Å². The Kier molecular flexibility index (Phi) is 4.09. The smallest absolute Gasteiger partial charge is 0.248 e. The van der Waals surface area contributed by atoms with Crippen LogP contribution in [-0.4, -0.2) is 22.4 Å². The van der Waals surface area contributed by atoms with Gasteiger partial charge in [0.15, 0.2) is 0 Å². The Balaban J connectivity index is 1.79. The minimum absolute atomic E-state index is 0.396. The van der Waals surface area contributed by atoms with Crippen LogP contribution in [0.15, 0.2) is 36.7 Å². The molecular weight excluding hydrogens is 228 g/mol. The van der Waals surface area contributed by atoms with Crippen LogP contribution in [-0.2, 0) is 13.0 Å². The predicted molar refractivity (Wildman–Crippen MR) is 69.0 cm³/mol. The van der Waals surface area contributed by atoms with Gasteiger partial charge >= 0.3 is 0 Å². The number of carbonyl (C=O) groups is 1. The van der Waals surface area contributed by atoms with Crippen molar-refractivity contribution in [2.75, 3.05) is 6.54 Å². The van der Waals surface area contributed by atoms with Gasteiger partial charge in [-0.15, -0.1) is 0 Å². The van der Waals surface area contributed by atoms with Crippen molar-refractivity contribution in [2.45, 2.75) is 13.0 Å². The van der Waals surface area contributed by atoms with E-state index in [0.29, 0.717) is 12.1 Å². The van der Waals surface area contributed by atoms with Crippen molar-refractivity contribution in [1.82, 2.24) is 15.3 Å². The summed E-state index contributed by atoms with van der Waals surface area (Å²) in [7, 11) is 0. The Hall–Kier alpha value is -2.14. The van der Waals surface area contributed by atoms with Gasteiger partial charge in [0.1, 0.15) is 5.82 Å². The van der Waals surface area contributed by atoms with Gasteiger partial charge in [-0.2, -0.15) is 0 Å². The summed E-state index contributed by atoms with van der Waals surface area (Å²) in [6, 6.07) is 7.33. The van der Waals surface area contributed by atoms with E-state index in [0.717, 1.165) is 24.4 Å². The van der Waals surface area contributed by atoms with Crippen molar-refractivity contribution < 1.29 is 4.79 Å². The molecule has 0 fully saturated rings. The number of nitrogens with two attached hydrogens (primary N) is 1. The van der Waals surface area contributed by atoms with Crippen LogP contribution >= 0.6 is 0 Å². The minimum atomic E-state index is -0.396. The maximum absolute atomic E-state index is 11.0. The fourth-order valence-electron chi connectivity index (χ4n) is 1.71. The highest BCUT2D eigenvalue weighted by Crippen LogP contribution is 2.04. The Labute approximate surface area is 105 Å². The third-order valence-corrected chi connectivity index (χ3v) is 2.63. The Bertz CT molecular complexity index is 507. The first-order valence-corrected chi connectivity index (χ1v) is 5.83. The largest absolute Gasteiger partial charge is 0.366 e. The van der Waals surface area contributed by atoms with E-state index in [-0.39, 0.29) is 0 Å². The predicted octanol–water partition coefficient (Wildman–Crippen LogP) is 0.841. The average molecular weight is 244 g/mol. The van der Waals surface area contributed by atoms with Crippen molar-refractivity contribution >= 4 is 5.91 Å². The van der Waals surface area contributed by atoms with Gasteiger partial charge in [-0.25, -0.2) is 4.98 Å². The molecule has 0 saturated carbocycles. The highest BCUT2D eigenvalue weighted by molar-refractivity contribution is 5.92. The van der Waals surface area contributed by atoms with E-state index in [2.05, 4.69) is 15.3 Å². The monoisotopic (exact) mass is 244 g/mol.